The van der Waals surface area contributed by atoms with E-state index in [0.717, 1.165) is 37.3 Å². The fourth-order valence-electron chi connectivity index (χ4n) is 2.13. The molecule has 1 aliphatic rings. The molecule has 1 aromatic heterocycles. The van der Waals surface area contributed by atoms with Crippen molar-refractivity contribution in [1.82, 2.24) is 20.8 Å². The van der Waals surface area contributed by atoms with Crippen molar-refractivity contribution >= 4 is 11.7 Å². The van der Waals surface area contributed by atoms with Crippen LogP contribution >= 0.6 is 0 Å². The lowest BCUT2D eigenvalue weighted by Gasteiger charge is -2.22. The first-order chi connectivity index (χ1) is 8.31. The number of anilines is 1. The summed E-state index contributed by atoms with van der Waals surface area (Å²) in [6.45, 7) is 4.51. The van der Waals surface area contributed by atoms with E-state index >= 15 is 0 Å². The highest BCUT2D eigenvalue weighted by Crippen LogP contribution is 2.27. The summed E-state index contributed by atoms with van der Waals surface area (Å²) in [6.07, 6.45) is 3.95. The Hall–Kier alpha value is -1.56. The van der Waals surface area contributed by atoms with Crippen LogP contribution in [0.25, 0.3) is 0 Å². The topological polar surface area (TPSA) is 81.8 Å². The number of carbonyl (C=O) groups is 1. The van der Waals surface area contributed by atoms with Gasteiger partial charge in [0.1, 0.15) is 0 Å². The number of H-pyrrole nitrogens is 1. The lowest BCUT2D eigenvalue weighted by Crippen LogP contribution is -2.31. The van der Waals surface area contributed by atoms with Crippen molar-refractivity contribution in [1.29, 1.82) is 0 Å². The van der Waals surface area contributed by atoms with E-state index in [1.54, 1.807) is 6.20 Å². The monoisotopic (exact) mass is 237 g/mol. The van der Waals surface area contributed by atoms with Crippen LogP contribution in [0.1, 0.15) is 31.4 Å². The van der Waals surface area contributed by atoms with Gasteiger partial charge in [0.25, 0.3) is 0 Å². The number of hydrogen-bond donors (Lipinski definition) is 4. The van der Waals surface area contributed by atoms with Crippen LogP contribution in [0.3, 0.4) is 0 Å². The Morgan fingerprint density at radius 2 is 2.53 bits per heavy atom. The van der Waals surface area contributed by atoms with E-state index in [-0.39, 0.29) is 6.03 Å². The summed E-state index contributed by atoms with van der Waals surface area (Å²) in [4.78, 5) is 11.5. The van der Waals surface area contributed by atoms with Gasteiger partial charge in [0.15, 0.2) is 0 Å². The van der Waals surface area contributed by atoms with Crippen LogP contribution in [0.4, 0.5) is 10.5 Å². The van der Waals surface area contributed by atoms with E-state index < -0.39 is 0 Å². The molecule has 1 fully saturated rings. The molecule has 6 heteroatoms. The molecule has 17 heavy (non-hydrogen) atoms. The van der Waals surface area contributed by atoms with E-state index in [0.29, 0.717) is 12.5 Å². The molecular formula is C11H19N5O. The summed E-state index contributed by atoms with van der Waals surface area (Å²) in [5.74, 6) is 0.406. The second-order valence-corrected chi connectivity index (χ2v) is 4.23. The zero-order valence-electron chi connectivity index (χ0n) is 10.0. The standard InChI is InChI=1S/C11H19N5O/c1-2-13-11(17)15-9-7-14-16-10(9)8-4-3-5-12-6-8/h7-8,12H,2-6H2,1H3,(H,14,16)(H2,13,15,17)/t8-/m0/s1. The molecule has 1 aromatic rings. The summed E-state index contributed by atoms with van der Waals surface area (Å²) >= 11 is 0. The number of carbonyl (C=O) groups excluding carboxylic acids is 1. The maximum Gasteiger partial charge on any atom is 0.319 e. The van der Waals surface area contributed by atoms with Gasteiger partial charge in [0.2, 0.25) is 0 Å². The van der Waals surface area contributed by atoms with Gasteiger partial charge in [-0.25, -0.2) is 4.79 Å². The Bertz CT molecular complexity index is 370. The summed E-state index contributed by atoms with van der Waals surface area (Å²) in [7, 11) is 0. The van der Waals surface area contributed by atoms with Crippen molar-refractivity contribution in [2.24, 2.45) is 0 Å². The number of aromatic nitrogens is 2. The van der Waals surface area contributed by atoms with Gasteiger partial charge >= 0.3 is 6.03 Å². The van der Waals surface area contributed by atoms with Crippen molar-refractivity contribution in [2.75, 3.05) is 25.0 Å². The number of aromatic amines is 1. The Balaban J connectivity index is 2.02. The predicted octanol–water partition coefficient (Wildman–Crippen LogP) is 1.02. The number of rotatable bonds is 3. The van der Waals surface area contributed by atoms with E-state index in [9.17, 15) is 4.79 Å². The van der Waals surface area contributed by atoms with Crippen molar-refractivity contribution in [3.8, 4) is 0 Å². The van der Waals surface area contributed by atoms with Crippen LogP contribution in [-0.4, -0.2) is 35.9 Å². The van der Waals surface area contributed by atoms with Crippen molar-refractivity contribution in [3.63, 3.8) is 0 Å². The molecule has 1 saturated heterocycles. The largest absolute Gasteiger partial charge is 0.338 e. The Labute approximate surface area is 101 Å². The molecular weight excluding hydrogens is 218 g/mol. The van der Waals surface area contributed by atoms with Gasteiger partial charge in [-0.3, -0.25) is 5.10 Å². The molecule has 2 rings (SSSR count). The second kappa shape index (κ2) is 5.67. The molecule has 1 atom stereocenters. The van der Waals surface area contributed by atoms with Crippen LogP contribution in [0.15, 0.2) is 6.20 Å². The minimum absolute atomic E-state index is 0.182. The third-order valence-corrected chi connectivity index (χ3v) is 2.96. The average Bonchev–Trinajstić information content (AvgIpc) is 2.78. The molecule has 2 amide bonds. The summed E-state index contributed by atoms with van der Waals surface area (Å²) in [5, 5.41) is 15.9. The normalized spacial score (nSPS) is 19.9. The minimum Gasteiger partial charge on any atom is -0.338 e. The van der Waals surface area contributed by atoms with E-state index in [2.05, 4.69) is 26.1 Å². The first kappa shape index (κ1) is 11.9. The molecule has 0 radical (unpaired) electrons. The van der Waals surface area contributed by atoms with E-state index in [1.807, 2.05) is 6.92 Å². The summed E-state index contributed by atoms with van der Waals surface area (Å²) < 4.78 is 0. The molecule has 0 aliphatic carbocycles. The average molecular weight is 237 g/mol. The van der Waals surface area contributed by atoms with Gasteiger partial charge in [-0.15, -0.1) is 0 Å². The summed E-state index contributed by atoms with van der Waals surface area (Å²) in [5.41, 5.74) is 1.80. The molecule has 0 spiro atoms. The van der Waals surface area contributed by atoms with Crippen molar-refractivity contribution in [3.05, 3.63) is 11.9 Å². The highest BCUT2D eigenvalue weighted by Gasteiger charge is 2.20. The lowest BCUT2D eigenvalue weighted by molar-refractivity contribution is 0.252. The summed E-state index contributed by atoms with van der Waals surface area (Å²) in [6, 6.07) is -0.182. The zero-order chi connectivity index (χ0) is 12.1. The lowest BCUT2D eigenvalue weighted by atomic mass is 9.95. The molecule has 1 aliphatic heterocycles. The molecule has 4 N–H and O–H groups in total. The third kappa shape index (κ3) is 2.97. The van der Waals surface area contributed by atoms with Crippen LogP contribution in [-0.2, 0) is 0 Å². The minimum atomic E-state index is -0.182. The first-order valence-electron chi connectivity index (χ1n) is 6.10. The van der Waals surface area contributed by atoms with Crippen LogP contribution < -0.4 is 16.0 Å². The number of nitrogens with zero attached hydrogens (tertiary/aromatic N) is 1. The van der Waals surface area contributed by atoms with Gasteiger partial charge in [-0.05, 0) is 26.3 Å². The van der Waals surface area contributed by atoms with Crippen LogP contribution in [0.2, 0.25) is 0 Å². The van der Waals surface area contributed by atoms with E-state index in [1.165, 1.54) is 0 Å². The maximum atomic E-state index is 11.5. The van der Waals surface area contributed by atoms with Crippen molar-refractivity contribution < 1.29 is 4.79 Å². The number of urea groups is 1. The fraction of sp³-hybridized carbons (Fsp3) is 0.636. The number of amides is 2. The fourth-order valence-corrected chi connectivity index (χ4v) is 2.13. The number of piperidine rings is 1. The molecule has 0 bridgehead atoms. The van der Waals surface area contributed by atoms with Gasteiger partial charge < -0.3 is 16.0 Å². The molecule has 0 saturated carbocycles. The zero-order valence-corrected chi connectivity index (χ0v) is 10.0. The Morgan fingerprint density at radius 1 is 1.65 bits per heavy atom. The van der Waals surface area contributed by atoms with Crippen LogP contribution in [0.5, 0.6) is 0 Å². The number of hydrogen-bond acceptors (Lipinski definition) is 3. The van der Waals surface area contributed by atoms with Gasteiger partial charge in [-0.2, -0.15) is 5.10 Å². The second-order valence-electron chi connectivity index (χ2n) is 4.23. The molecule has 2 heterocycles. The SMILES string of the molecule is CCNC(=O)Nc1cn[nH]c1[C@H]1CCCNC1. The van der Waals surface area contributed by atoms with Crippen molar-refractivity contribution in [2.45, 2.75) is 25.7 Å². The smallest absolute Gasteiger partial charge is 0.319 e. The predicted molar refractivity (Wildman–Crippen MR) is 66.1 cm³/mol. The van der Waals surface area contributed by atoms with Crippen LogP contribution in [0, 0.1) is 0 Å². The van der Waals surface area contributed by atoms with E-state index in [4.69, 9.17) is 0 Å². The van der Waals surface area contributed by atoms with Gasteiger partial charge in [0.05, 0.1) is 17.6 Å². The maximum absolute atomic E-state index is 11.5. The third-order valence-electron chi connectivity index (χ3n) is 2.96. The molecule has 0 aromatic carbocycles. The Kier molecular flexibility index (Phi) is 3.98. The molecule has 0 unspecified atom stereocenters. The van der Waals surface area contributed by atoms with Gasteiger partial charge in [0, 0.05) is 19.0 Å². The highest BCUT2D eigenvalue weighted by molar-refractivity contribution is 5.89. The highest BCUT2D eigenvalue weighted by atomic mass is 16.2. The Morgan fingerprint density at radius 3 is 3.24 bits per heavy atom. The molecule has 6 nitrogen and oxygen atoms in total. The van der Waals surface area contributed by atoms with Gasteiger partial charge in [-0.1, -0.05) is 0 Å². The molecule has 94 valence electrons. The number of nitrogens with one attached hydrogen (secondary N) is 4. The first-order valence-corrected chi connectivity index (χ1v) is 6.10. The quantitative estimate of drug-likeness (QED) is 0.633.